The standard InChI is InChI=1S/C20H17N5O3/c1-27-16-4-2-3-5-17(16)28-13-20(26)23-19-11-10-18(24-25-19)22-15-8-6-14(12-21)7-9-15/h2-11H,13H2,1H3,(H,22,24)(H,23,25,26). The fourth-order valence-corrected chi connectivity index (χ4v) is 2.30. The van der Waals surface area contributed by atoms with Crippen LogP contribution >= 0.6 is 0 Å². The van der Waals surface area contributed by atoms with Crippen molar-refractivity contribution in [2.75, 3.05) is 24.4 Å². The summed E-state index contributed by atoms with van der Waals surface area (Å²) in [6, 6.07) is 19.4. The number of hydrogen-bond donors (Lipinski definition) is 2. The lowest BCUT2D eigenvalue weighted by Crippen LogP contribution is -2.21. The average Bonchev–Trinajstić information content (AvgIpc) is 2.74. The first kappa shape index (κ1) is 18.7. The van der Waals surface area contributed by atoms with Crippen molar-refractivity contribution in [3.63, 3.8) is 0 Å². The summed E-state index contributed by atoms with van der Waals surface area (Å²) in [6.07, 6.45) is 0. The summed E-state index contributed by atoms with van der Waals surface area (Å²) in [6.45, 7) is -0.187. The Morgan fingerprint density at radius 3 is 2.32 bits per heavy atom. The number of carbonyl (C=O) groups is 1. The minimum Gasteiger partial charge on any atom is -0.493 e. The largest absolute Gasteiger partial charge is 0.493 e. The molecule has 0 fully saturated rings. The number of hydrogen-bond acceptors (Lipinski definition) is 7. The fourth-order valence-electron chi connectivity index (χ4n) is 2.30. The van der Waals surface area contributed by atoms with Crippen molar-refractivity contribution >= 4 is 23.2 Å². The molecule has 8 nitrogen and oxygen atoms in total. The van der Waals surface area contributed by atoms with E-state index in [1.807, 2.05) is 6.07 Å². The van der Waals surface area contributed by atoms with Crippen LogP contribution in [0.5, 0.6) is 11.5 Å². The molecular weight excluding hydrogens is 358 g/mol. The molecular formula is C20H17N5O3. The third-order valence-electron chi connectivity index (χ3n) is 3.65. The lowest BCUT2D eigenvalue weighted by atomic mass is 10.2. The summed E-state index contributed by atoms with van der Waals surface area (Å²) < 4.78 is 10.6. The normalized spacial score (nSPS) is 9.86. The van der Waals surface area contributed by atoms with Crippen molar-refractivity contribution in [1.82, 2.24) is 10.2 Å². The zero-order chi connectivity index (χ0) is 19.8. The van der Waals surface area contributed by atoms with Gasteiger partial charge in [-0.3, -0.25) is 4.79 Å². The molecule has 0 aliphatic heterocycles. The molecule has 0 aliphatic carbocycles. The highest BCUT2D eigenvalue weighted by atomic mass is 16.5. The molecule has 3 aromatic rings. The van der Waals surface area contributed by atoms with Gasteiger partial charge in [0.05, 0.1) is 18.7 Å². The highest BCUT2D eigenvalue weighted by molar-refractivity contribution is 5.91. The molecule has 28 heavy (non-hydrogen) atoms. The van der Waals surface area contributed by atoms with Crippen LogP contribution in [0.2, 0.25) is 0 Å². The predicted octanol–water partition coefficient (Wildman–Crippen LogP) is 3.12. The Balaban J connectivity index is 1.53. The van der Waals surface area contributed by atoms with Gasteiger partial charge in [-0.25, -0.2) is 0 Å². The number of anilines is 3. The van der Waals surface area contributed by atoms with Crippen molar-refractivity contribution in [1.29, 1.82) is 5.26 Å². The van der Waals surface area contributed by atoms with Gasteiger partial charge < -0.3 is 20.1 Å². The van der Waals surface area contributed by atoms with Crippen LogP contribution in [0.1, 0.15) is 5.56 Å². The molecule has 1 heterocycles. The van der Waals surface area contributed by atoms with E-state index in [0.29, 0.717) is 28.7 Å². The molecule has 0 aliphatic rings. The molecule has 1 aromatic heterocycles. The van der Waals surface area contributed by atoms with Gasteiger partial charge in [-0.05, 0) is 48.5 Å². The van der Waals surface area contributed by atoms with Gasteiger partial charge in [0.25, 0.3) is 5.91 Å². The molecule has 2 aromatic carbocycles. The predicted molar refractivity (Wildman–Crippen MR) is 104 cm³/mol. The van der Waals surface area contributed by atoms with E-state index in [9.17, 15) is 4.79 Å². The van der Waals surface area contributed by atoms with Gasteiger partial charge in [-0.1, -0.05) is 12.1 Å². The number of nitrogens with one attached hydrogen (secondary N) is 2. The van der Waals surface area contributed by atoms with E-state index < -0.39 is 0 Å². The van der Waals surface area contributed by atoms with Crippen LogP contribution in [0.3, 0.4) is 0 Å². The maximum atomic E-state index is 12.0. The lowest BCUT2D eigenvalue weighted by molar-refractivity contribution is -0.118. The second-order valence-corrected chi connectivity index (χ2v) is 5.61. The highest BCUT2D eigenvalue weighted by Crippen LogP contribution is 2.25. The quantitative estimate of drug-likeness (QED) is 0.653. The van der Waals surface area contributed by atoms with Gasteiger partial charge in [0.2, 0.25) is 0 Å². The summed E-state index contributed by atoms with van der Waals surface area (Å²) >= 11 is 0. The van der Waals surface area contributed by atoms with Crippen molar-refractivity contribution in [3.8, 4) is 17.6 Å². The second-order valence-electron chi connectivity index (χ2n) is 5.61. The van der Waals surface area contributed by atoms with E-state index in [4.69, 9.17) is 14.7 Å². The number of nitriles is 1. The maximum absolute atomic E-state index is 12.0. The number of carbonyl (C=O) groups excluding carboxylic acids is 1. The Morgan fingerprint density at radius 2 is 1.68 bits per heavy atom. The monoisotopic (exact) mass is 375 g/mol. The van der Waals surface area contributed by atoms with Crippen LogP contribution in [-0.4, -0.2) is 29.8 Å². The Bertz CT molecular complexity index is 982. The first-order chi connectivity index (χ1) is 13.7. The first-order valence-electron chi connectivity index (χ1n) is 8.34. The van der Waals surface area contributed by atoms with E-state index in [1.54, 1.807) is 54.6 Å². The Hall–Kier alpha value is -4.12. The van der Waals surface area contributed by atoms with E-state index in [2.05, 4.69) is 26.9 Å². The maximum Gasteiger partial charge on any atom is 0.263 e. The first-order valence-corrected chi connectivity index (χ1v) is 8.34. The van der Waals surface area contributed by atoms with Crippen molar-refractivity contribution in [2.24, 2.45) is 0 Å². The zero-order valence-electron chi connectivity index (χ0n) is 15.0. The molecule has 1 amide bonds. The minimum atomic E-state index is -0.368. The number of benzene rings is 2. The van der Waals surface area contributed by atoms with Crippen LogP contribution < -0.4 is 20.1 Å². The number of amides is 1. The Morgan fingerprint density at radius 1 is 1.00 bits per heavy atom. The number of methoxy groups -OCH3 is 1. The molecule has 0 saturated heterocycles. The van der Waals surface area contributed by atoms with Crippen LogP contribution in [-0.2, 0) is 4.79 Å². The number of nitrogens with zero attached hydrogens (tertiary/aromatic N) is 3. The fraction of sp³-hybridized carbons (Fsp3) is 0.100. The second kappa shape index (κ2) is 9.00. The highest BCUT2D eigenvalue weighted by Gasteiger charge is 2.08. The van der Waals surface area contributed by atoms with Gasteiger partial charge in [0.15, 0.2) is 29.7 Å². The summed E-state index contributed by atoms with van der Waals surface area (Å²) in [5, 5.41) is 22.5. The van der Waals surface area contributed by atoms with Crippen LogP contribution in [0.25, 0.3) is 0 Å². The summed E-state index contributed by atoms with van der Waals surface area (Å²) in [5.74, 6) is 1.47. The van der Waals surface area contributed by atoms with E-state index >= 15 is 0 Å². The number of para-hydroxylation sites is 2. The lowest BCUT2D eigenvalue weighted by Gasteiger charge is -2.10. The van der Waals surface area contributed by atoms with Crippen molar-refractivity contribution < 1.29 is 14.3 Å². The number of aromatic nitrogens is 2. The zero-order valence-corrected chi connectivity index (χ0v) is 15.0. The van der Waals surface area contributed by atoms with Crippen molar-refractivity contribution in [3.05, 3.63) is 66.2 Å². The number of ether oxygens (including phenoxy) is 2. The van der Waals surface area contributed by atoms with E-state index in [-0.39, 0.29) is 12.5 Å². The van der Waals surface area contributed by atoms with E-state index in [1.165, 1.54) is 7.11 Å². The van der Waals surface area contributed by atoms with Crippen molar-refractivity contribution in [2.45, 2.75) is 0 Å². The van der Waals surface area contributed by atoms with Crippen LogP contribution in [0.4, 0.5) is 17.3 Å². The molecule has 0 spiro atoms. The smallest absolute Gasteiger partial charge is 0.263 e. The van der Waals surface area contributed by atoms with E-state index in [0.717, 1.165) is 5.69 Å². The molecule has 140 valence electrons. The SMILES string of the molecule is COc1ccccc1OCC(=O)Nc1ccc(Nc2ccc(C#N)cc2)nn1. The third-order valence-corrected chi connectivity index (χ3v) is 3.65. The van der Waals surface area contributed by atoms with Gasteiger partial charge in [0.1, 0.15) is 0 Å². The minimum absolute atomic E-state index is 0.187. The molecule has 3 rings (SSSR count). The summed E-state index contributed by atoms with van der Waals surface area (Å²) in [7, 11) is 1.53. The molecule has 2 N–H and O–H groups in total. The summed E-state index contributed by atoms with van der Waals surface area (Å²) in [4.78, 5) is 12.0. The van der Waals surface area contributed by atoms with Crippen LogP contribution in [0, 0.1) is 11.3 Å². The molecule has 8 heteroatoms. The average molecular weight is 375 g/mol. The number of rotatable bonds is 7. The Labute approximate surface area is 161 Å². The molecule has 0 saturated carbocycles. The molecule has 0 unspecified atom stereocenters. The molecule has 0 bridgehead atoms. The third kappa shape index (κ3) is 4.95. The van der Waals surface area contributed by atoms with Crippen LogP contribution in [0.15, 0.2) is 60.7 Å². The molecule has 0 atom stereocenters. The van der Waals surface area contributed by atoms with Gasteiger partial charge in [-0.2, -0.15) is 5.26 Å². The van der Waals surface area contributed by atoms with Gasteiger partial charge in [0, 0.05) is 5.69 Å². The summed E-state index contributed by atoms with van der Waals surface area (Å²) in [5.41, 5.74) is 1.35. The molecule has 0 radical (unpaired) electrons. The van der Waals surface area contributed by atoms with Gasteiger partial charge in [-0.15, -0.1) is 10.2 Å². The topological polar surface area (TPSA) is 109 Å². The Kier molecular flexibility index (Phi) is 6.00. The van der Waals surface area contributed by atoms with Gasteiger partial charge >= 0.3 is 0 Å².